The molecule has 2 heterocycles. The lowest BCUT2D eigenvalue weighted by Gasteiger charge is -2.40. The molecule has 5 heteroatoms. The Kier molecular flexibility index (Phi) is 5.70. The van der Waals surface area contributed by atoms with Crippen molar-refractivity contribution in [3.63, 3.8) is 0 Å². The zero-order valence-electron chi connectivity index (χ0n) is 17.0. The molecule has 1 aromatic carbocycles. The van der Waals surface area contributed by atoms with E-state index in [1.807, 2.05) is 38.8 Å². The zero-order chi connectivity index (χ0) is 19.7. The van der Waals surface area contributed by atoms with Crippen molar-refractivity contribution in [1.29, 1.82) is 0 Å². The fourth-order valence-electron chi connectivity index (χ4n) is 4.41. The van der Waals surface area contributed by atoms with Crippen LogP contribution in [0, 0.1) is 11.7 Å². The molecule has 0 spiro atoms. The Hall–Kier alpha value is -2.14. The number of hydrogen-bond acceptors (Lipinski definition) is 2. The van der Waals surface area contributed by atoms with Crippen LogP contribution in [-0.4, -0.2) is 53.4 Å². The van der Waals surface area contributed by atoms with Crippen molar-refractivity contribution in [1.82, 2.24) is 14.8 Å². The smallest absolute Gasteiger partial charge is 0.230 e. The maximum Gasteiger partial charge on any atom is 0.230 e. The molecule has 2 aliphatic rings. The highest BCUT2D eigenvalue weighted by Crippen LogP contribution is 2.41. The monoisotopic (exact) mass is 371 g/mol. The molecule has 0 fully saturated rings. The van der Waals surface area contributed by atoms with E-state index in [4.69, 9.17) is 0 Å². The van der Waals surface area contributed by atoms with Gasteiger partial charge in [-0.2, -0.15) is 0 Å². The number of amides is 1. The number of hydrogen-bond donors (Lipinski definition) is 1. The molecule has 4 nitrogen and oxygen atoms in total. The molecule has 0 radical (unpaired) electrons. The lowest BCUT2D eigenvalue weighted by atomic mass is 9.79. The van der Waals surface area contributed by atoms with Gasteiger partial charge in [-0.05, 0) is 56.1 Å². The lowest BCUT2D eigenvalue weighted by Crippen LogP contribution is -2.47. The molecule has 2 aromatic rings. The molecule has 0 bridgehead atoms. The standard InChI is InChI=1S/C20H24FN3O.C2H6/c1-4-24(5-2)20(25)13-6-15-16-8-14(21)9-17-19(16)12(10-22-17)7-18(15)23(3)11-13;1-2/h6,8-10,13,18,22H,4-5,7,11H2,1-3H3;1-2H3. The summed E-state index contributed by atoms with van der Waals surface area (Å²) in [6, 6.07) is 3.37. The second-order valence-electron chi connectivity index (χ2n) is 7.09. The highest BCUT2D eigenvalue weighted by Gasteiger charge is 2.36. The molecule has 1 aliphatic heterocycles. The molecule has 1 aliphatic carbocycles. The van der Waals surface area contributed by atoms with Crippen molar-refractivity contribution >= 4 is 22.4 Å². The summed E-state index contributed by atoms with van der Waals surface area (Å²) < 4.78 is 14.1. The molecule has 2 unspecified atom stereocenters. The summed E-state index contributed by atoms with van der Waals surface area (Å²) in [5.41, 5.74) is 4.10. The van der Waals surface area contributed by atoms with E-state index in [0.29, 0.717) is 19.6 Å². The van der Waals surface area contributed by atoms with Gasteiger partial charge in [-0.15, -0.1) is 0 Å². The van der Waals surface area contributed by atoms with Gasteiger partial charge in [0.15, 0.2) is 0 Å². The fourth-order valence-corrected chi connectivity index (χ4v) is 4.41. The topological polar surface area (TPSA) is 39.3 Å². The molecule has 2 atom stereocenters. The van der Waals surface area contributed by atoms with Gasteiger partial charge in [0.1, 0.15) is 5.82 Å². The first kappa shape index (κ1) is 19.6. The Morgan fingerprint density at radius 1 is 1.30 bits per heavy atom. The molecule has 0 saturated carbocycles. The average Bonchev–Trinajstić information content (AvgIpc) is 3.08. The molecule has 1 amide bonds. The van der Waals surface area contributed by atoms with Crippen LogP contribution in [0.4, 0.5) is 4.39 Å². The molecule has 27 heavy (non-hydrogen) atoms. The summed E-state index contributed by atoms with van der Waals surface area (Å²) in [6.07, 6.45) is 4.98. The first-order valence-corrected chi connectivity index (χ1v) is 10.0. The van der Waals surface area contributed by atoms with E-state index in [1.54, 1.807) is 12.1 Å². The van der Waals surface area contributed by atoms with Gasteiger partial charge in [-0.25, -0.2) is 4.39 Å². The number of nitrogens with zero attached hydrogens (tertiary/aromatic N) is 2. The Bertz CT molecular complexity index is 866. The van der Waals surface area contributed by atoms with E-state index >= 15 is 0 Å². The van der Waals surface area contributed by atoms with Crippen LogP contribution in [0.25, 0.3) is 16.5 Å². The number of nitrogens with one attached hydrogen (secondary N) is 1. The van der Waals surface area contributed by atoms with E-state index in [9.17, 15) is 9.18 Å². The van der Waals surface area contributed by atoms with Crippen molar-refractivity contribution in [3.05, 3.63) is 41.3 Å². The third-order valence-electron chi connectivity index (χ3n) is 5.70. The number of carbonyl (C=O) groups excluding carboxylic acids is 1. The summed E-state index contributed by atoms with van der Waals surface area (Å²) in [6.45, 7) is 10.2. The first-order chi connectivity index (χ1) is 13.0. The minimum absolute atomic E-state index is 0.162. The minimum atomic E-state index is -0.239. The van der Waals surface area contributed by atoms with Crippen molar-refractivity contribution in [2.45, 2.75) is 40.2 Å². The molecule has 4 rings (SSSR count). The van der Waals surface area contributed by atoms with Gasteiger partial charge in [0, 0.05) is 42.8 Å². The van der Waals surface area contributed by atoms with Crippen LogP contribution < -0.4 is 0 Å². The summed E-state index contributed by atoms with van der Waals surface area (Å²) >= 11 is 0. The SMILES string of the molecule is CC.CCN(CC)C(=O)C1C=C2c3cc(F)cc4[nH]cc(c34)CC2N(C)C1. The minimum Gasteiger partial charge on any atom is -0.361 e. The van der Waals surface area contributed by atoms with Crippen molar-refractivity contribution in [2.75, 3.05) is 26.7 Å². The Morgan fingerprint density at radius 3 is 2.67 bits per heavy atom. The number of rotatable bonds is 3. The first-order valence-electron chi connectivity index (χ1n) is 10.0. The third-order valence-corrected chi connectivity index (χ3v) is 5.70. The number of H-pyrrole nitrogens is 1. The molecule has 146 valence electrons. The maximum absolute atomic E-state index is 14.1. The van der Waals surface area contributed by atoms with Gasteiger partial charge < -0.3 is 9.88 Å². The van der Waals surface area contributed by atoms with Crippen molar-refractivity contribution < 1.29 is 9.18 Å². The maximum atomic E-state index is 14.1. The summed E-state index contributed by atoms with van der Waals surface area (Å²) in [5.74, 6) is -0.248. The van der Waals surface area contributed by atoms with Gasteiger partial charge >= 0.3 is 0 Å². The van der Waals surface area contributed by atoms with Gasteiger partial charge in [0.25, 0.3) is 0 Å². The summed E-state index contributed by atoms with van der Waals surface area (Å²) in [7, 11) is 2.06. The van der Waals surface area contributed by atoms with Crippen LogP contribution >= 0.6 is 0 Å². The van der Waals surface area contributed by atoms with Gasteiger partial charge in [-0.1, -0.05) is 19.9 Å². The normalized spacial score (nSPS) is 21.2. The van der Waals surface area contributed by atoms with Gasteiger partial charge in [-0.3, -0.25) is 9.69 Å². The van der Waals surface area contributed by atoms with Crippen LogP contribution in [0.2, 0.25) is 0 Å². The molecule has 0 saturated heterocycles. The molecular weight excluding hydrogens is 341 g/mol. The number of carbonyl (C=O) groups is 1. The Morgan fingerprint density at radius 2 is 2.00 bits per heavy atom. The number of likely N-dealkylation sites (N-methyl/N-ethyl adjacent to an activating group) is 1. The average molecular weight is 372 g/mol. The van der Waals surface area contributed by atoms with E-state index < -0.39 is 0 Å². The number of aromatic nitrogens is 1. The third kappa shape index (κ3) is 3.29. The Labute approximate surface area is 161 Å². The number of fused-ring (bicyclic) bond motifs is 2. The number of benzene rings is 1. The van der Waals surface area contributed by atoms with Gasteiger partial charge in [0.05, 0.1) is 5.92 Å². The number of halogens is 1. The largest absolute Gasteiger partial charge is 0.361 e. The quantitative estimate of drug-likeness (QED) is 0.883. The zero-order valence-corrected chi connectivity index (χ0v) is 17.0. The Balaban J connectivity index is 0.00000102. The predicted molar refractivity (Wildman–Crippen MR) is 109 cm³/mol. The second-order valence-corrected chi connectivity index (χ2v) is 7.09. The van der Waals surface area contributed by atoms with Crippen LogP contribution in [0.1, 0.15) is 38.8 Å². The van der Waals surface area contributed by atoms with E-state index in [1.165, 1.54) is 5.56 Å². The molecular formula is C22H30FN3O. The highest BCUT2D eigenvalue weighted by atomic mass is 19.1. The van der Waals surface area contributed by atoms with Crippen LogP contribution in [-0.2, 0) is 11.2 Å². The summed E-state index contributed by atoms with van der Waals surface area (Å²) in [4.78, 5) is 20.2. The second kappa shape index (κ2) is 7.85. The predicted octanol–water partition coefficient (Wildman–Crippen LogP) is 4.07. The van der Waals surface area contributed by atoms with Crippen molar-refractivity contribution in [3.8, 4) is 0 Å². The van der Waals surface area contributed by atoms with Gasteiger partial charge in [0.2, 0.25) is 5.91 Å². The van der Waals surface area contributed by atoms with E-state index in [0.717, 1.165) is 28.5 Å². The van der Waals surface area contributed by atoms with E-state index in [2.05, 4.69) is 23.0 Å². The molecule has 1 N–H and O–H groups in total. The van der Waals surface area contributed by atoms with Crippen LogP contribution in [0.5, 0.6) is 0 Å². The number of aromatic amines is 1. The highest BCUT2D eigenvalue weighted by molar-refractivity contribution is 5.99. The fraction of sp³-hybridized carbons (Fsp3) is 0.500. The lowest BCUT2D eigenvalue weighted by molar-refractivity contribution is -0.134. The van der Waals surface area contributed by atoms with E-state index in [-0.39, 0.29) is 23.7 Å². The van der Waals surface area contributed by atoms with Crippen LogP contribution in [0.15, 0.2) is 24.4 Å². The summed E-state index contributed by atoms with van der Waals surface area (Å²) in [5, 5.41) is 1.10. The molecule has 1 aromatic heterocycles. The van der Waals surface area contributed by atoms with Crippen LogP contribution in [0.3, 0.4) is 0 Å². The van der Waals surface area contributed by atoms with Crippen molar-refractivity contribution in [2.24, 2.45) is 5.92 Å².